The van der Waals surface area contributed by atoms with Crippen LogP contribution < -0.4 is 10.5 Å². The Hall–Kier alpha value is -0.910. The van der Waals surface area contributed by atoms with Crippen molar-refractivity contribution >= 4 is 10.0 Å². The molecule has 5 heteroatoms. The topological polar surface area (TPSA) is 72.2 Å². The van der Waals surface area contributed by atoms with Crippen molar-refractivity contribution in [2.24, 2.45) is 17.6 Å². The van der Waals surface area contributed by atoms with Crippen LogP contribution in [0.5, 0.6) is 0 Å². The molecule has 4 nitrogen and oxygen atoms in total. The molecular weight excluding hydrogens is 272 g/mol. The quantitative estimate of drug-likeness (QED) is 0.843. The molecular formula is C15H24N2O2S. The highest BCUT2D eigenvalue weighted by Gasteiger charge is 2.22. The molecule has 0 radical (unpaired) electrons. The van der Waals surface area contributed by atoms with Crippen molar-refractivity contribution in [1.29, 1.82) is 0 Å². The molecule has 0 bridgehead atoms. The molecule has 1 aromatic carbocycles. The van der Waals surface area contributed by atoms with Gasteiger partial charge in [-0.15, -0.1) is 0 Å². The van der Waals surface area contributed by atoms with Crippen molar-refractivity contribution in [1.82, 2.24) is 4.72 Å². The summed E-state index contributed by atoms with van der Waals surface area (Å²) in [5.41, 5.74) is 7.34. The summed E-state index contributed by atoms with van der Waals surface area (Å²) in [6.45, 7) is 3.28. The highest BCUT2D eigenvalue weighted by molar-refractivity contribution is 7.88. The molecule has 20 heavy (non-hydrogen) atoms. The van der Waals surface area contributed by atoms with Crippen LogP contribution in [-0.2, 0) is 22.3 Å². The van der Waals surface area contributed by atoms with E-state index >= 15 is 0 Å². The van der Waals surface area contributed by atoms with Gasteiger partial charge in [-0.25, -0.2) is 13.1 Å². The Morgan fingerprint density at radius 2 is 1.85 bits per heavy atom. The average molecular weight is 296 g/mol. The number of hydrogen-bond acceptors (Lipinski definition) is 3. The summed E-state index contributed by atoms with van der Waals surface area (Å²) in [4.78, 5) is 0. The minimum absolute atomic E-state index is 0.0418. The fraction of sp³-hybridized carbons (Fsp3) is 0.600. The maximum Gasteiger partial charge on any atom is 0.215 e. The van der Waals surface area contributed by atoms with Gasteiger partial charge >= 0.3 is 0 Å². The van der Waals surface area contributed by atoms with E-state index in [-0.39, 0.29) is 5.75 Å². The van der Waals surface area contributed by atoms with Gasteiger partial charge in [-0.05, 0) is 35.8 Å². The fourth-order valence-corrected chi connectivity index (χ4v) is 4.02. The lowest BCUT2D eigenvalue weighted by Crippen LogP contribution is -2.29. The first kappa shape index (κ1) is 15.5. The Labute approximate surface area is 121 Å². The molecule has 1 aliphatic rings. The summed E-state index contributed by atoms with van der Waals surface area (Å²) in [5, 5.41) is 0. The predicted molar refractivity (Wildman–Crippen MR) is 81.5 cm³/mol. The Kier molecular flexibility index (Phi) is 5.18. The maximum absolute atomic E-state index is 12.1. The SMILES string of the molecule is CC1CCC(CNS(=O)(=O)Cc2ccc(CN)cc2)C1. The van der Waals surface area contributed by atoms with Gasteiger partial charge in [0.1, 0.15) is 0 Å². The molecule has 2 rings (SSSR count). The molecule has 3 N–H and O–H groups in total. The molecule has 0 amide bonds. The number of nitrogens with two attached hydrogens (primary N) is 1. The van der Waals surface area contributed by atoms with Crippen molar-refractivity contribution in [2.45, 2.75) is 38.5 Å². The number of sulfonamides is 1. The van der Waals surface area contributed by atoms with Crippen LogP contribution in [0, 0.1) is 11.8 Å². The summed E-state index contributed by atoms with van der Waals surface area (Å²) >= 11 is 0. The smallest absolute Gasteiger partial charge is 0.215 e. The average Bonchev–Trinajstić information content (AvgIpc) is 2.83. The van der Waals surface area contributed by atoms with Crippen molar-refractivity contribution in [3.63, 3.8) is 0 Å². The minimum Gasteiger partial charge on any atom is -0.326 e. The Bertz CT molecular complexity index is 525. The molecule has 2 unspecified atom stereocenters. The standard InChI is InChI=1S/C15H24N2O2S/c1-12-2-3-15(8-12)10-17-20(18,19)11-14-6-4-13(9-16)5-7-14/h4-7,12,15,17H,2-3,8-11,16H2,1H3. The Balaban J connectivity index is 1.86. The van der Waals surface area contributed by atoms with Crippen LogP contribution in [0.4, 0.5) is 0 Å². The largest absolute Gasteiger partial charge is 0.326 e. The number of rotatable bonds is 6. The van der Waals surface area contributed by atoms with Gasteiger partial charge < -0.3 is 5.73 Å². The molecule has 1 aliphatic carbocycles. The van der Waals surface area contributed by atoms with Gasteiger partial charge in [0.2, 0.25) is 10.0 Å². The lowest BCUT2D eigenvalue weighted by molar-refractivity contribution is 0.498. The third-order valence-electron chi connectivity index (χ3n) is 4.01. The normalized spacial score (nSPS) is 23.1. The van der Waals surface area contributed by atoms with E-state index in [1.165, 1.54) is 6.42 Å². The van der Waals surface area contributed by atoms with E-state index in [4.69, 9.17) is 5.73 Å². The predicted octanol–water partition coefficient (Wildman–Crippen LogP) is 2.00. The molecule has 1 fully saturated rings. The van der Waals surface area contributed by atoms with Gasteiger partial charge in [-0.2, -0.15) is 0 Å². The van der Waals surface area contributed by atoms with Gasteiger partial charge in [0.05, 0.1) is 5.75 Å². The molecule has 0 heterocycles. The van der Waals surface area contributed by atoms with Crippen molar-refractivity contribution in [3.8, 4) is 0 Å². The van der Waals surface area contributed by atoms with Gasteiger partial charge in [0.25, 0.3) is 0 Å². The zero-order valence-corrected chi connectivity index (χ0v) is 12.8. The van der Waals surface area contributed by atoms with E-state index < -0.39 is 10.0 Å². The van der Waals surface area contributed by atoms with Crippen LogP contribution in [-0.4, -0.2) is 15.0 Å². The van der Waals surface area contributed by atoms with Gasteiger partial charge in [0.15, 0.2) is 0 Å². The molecule has 112 valence electrons. The molecule has 0 aromatic heterocycles. The van der Waals surface area contributed by atoms with E-state index in [0.29, 0.717) is 19.0 Å². The molecule has 1 saturated carbocycles. The first-order valence-electron chi connectivity index (χ1n) is 7.24. The monoisotopic (exact) mass is 296 g/mol. The summed E-state index contributed by atoms with van der Waals surface area (Å²) < 4.78 is 26.9. The lowest BCUT2D eigenvalue weighted by atomic mass is 10.1. The van der Waals surface area contributed by atoms with Crippen LogP contribution in [0.3, 0.4) is 0 Å². The summed E-state index contributed by atoms with van der Waals surface area (Å²) in [6, 6.07) is 7.42. The van der Waals surface area contributed by atoms with Crippen LogP contribution in [0.1, 0.15) is 37.3 Å². The van der Waals surface area contributed by atoms with E-state index in [0.717, 1.165) is 29.9 Å². The minimum atomic E-state index is -3.24. The van der Waals surface area contributed by atoms with E-state index in [1.54, 1.807) is 0 Å². The lowest BCUT2D eigenvalue weighted by Gasteiger charge is -2.12. The molecule has 0 aliphatic heterocycles. The molecule has 0 spiro atoms. The maximum atomic E-state index is 12.1. The van der Waals surface area contributed by atoms with Crippen molar-refractivity contribution < 1.29 is 8.42 Å². The number of nitrogens with one attached hydrogen (secondary N) is 1. The second kappa shape index (κ2) is 6.70. The number of benzene rings is 1. The second-order valence-corrected chi connectivity index (χ2v) is 7.72. The van der Waals surface area contributed by atoms with Gasteiger partial charge in [-0.3, -0.25) is 0 Å². The third-order valence-corrected chi connectivity index (χ3v) is 5.33. The van der Waals surface area contributed by atoms with E-state index in [9.17, 15) is 8.42 Å². The zero-order valence-electron chi connectivity index (χ0n) is 12.0. The third kappa shape index (κ3) is 4.58. The molecule has 0 saturated heterocycles. The molecule has 2 atom stereocenters. The van der Waals surface area contributed by atoms with E-state index in [1.807, 2.05) is 24.3 Å². The Morgan fingerprint density at radius 3 is 2.40 bits per heavy atom. The first-order chi connectivity index (χ1) is 9.48. The van der Waals surface area contributed by atoms with Crippen LogP contribution >= 0.6 is 0 Å². The summed E-state index contributed by atoms with van der Waals surface area (Å²) in [7, 11) is -3.24. The highest BCUT2D eigenvalue weighted by Crippen LogP contribution is 2.29. The second-order valence-electron chi connectivity index (χ2n) is 5.91. The summed E-state index contributed by atoms with van der Waals surface area (Å²) in [6.07, 6.45) is 3.48. The Morgan fingerprint density at radius 1 is 1.20 bits per heavy atom. The van der Waals surface area contributed by atoms with Crippen molar-refractivity contribution in [3.05, 3.63) is 35.4 Å². The zero-order chi connectivity index (χ0) is 14.6. The molecule has 1 aromatic rings. The van der Waals surface area contributed by atoms with Crippen LogP contribution in [0.25, 0.3) is 0 Å². The van der Waals surface area contributed by atoms with E-state index in [2.05, 4.69) is 11.6 Å². The van der Waals surface area contributed by atoms with Gasteiger partial charge in [-0.1, -0.05) is 37.6 Å². The van der Waals surface area contributed by atoms with Crippen molar-refractivity contribution in [2.75, 3.05) is 6.54 Å². The van der Waals surface area contributed by atoms with Crippen LogP contribution in [0.15, 0.2) is 24.3 Å². The number of hydrogen-bond donors (Lipinski definition) is 2. The first-order valence-corrected chi connectivity index (χ1v) is 8.89. The highest BCUT2D eigenvalue weighted by atomic mass is 32.2. The summed E-state index contributed by atoms with van der Waals surface area (Å²) in [5.74, 6) is 1.27. The van der Waals surface area contributed by atoms with Gasteiger partial charge in [0, 0.05) is 13.1 Å². The fourth-order valence-electron chi connectivity index (χ4n) is 2.80. The van der Waals surface area contributed by atoms with Crippen LogP contribution in [0.2, 0.25) is 0 Å².